The SMILES string of the molecule is N#CC(=C=N)c1ccc(C(F)(F)F)cc1. The summed E-state index contributed by atoms with van der Waals surface area (Å²) in [5, 5.41) is 15.3. The monoisotopic (exact) mass is 210 g/mol. The van der Waals surface area contributed by atoms with Crippen molar-refractivity contribution in [3.05, 3.63) is 35.4 Å². The molecule has 0 saturated heterocycles. The van der Waals surface area contributed by atoms with Crippen molar-refractivity contribution < 1.29 is 13.2 Å². The molecule has 0 unspecified atom stereocenters. The lowest BCUT2D eigenvalue weighted by Crippen LogP contribution is -2.04. The molecule has 0 fully saturated rings. The number of hydrogen-bond donors (Lipinski definition) is 1. The molecule has 1 rings (SSSR count). The minimum absolute atomic E-state index is 0.0938. The molecule has 0 aromatic heterocycles. The Morgan fingerprint density at radius 2 is 1.73 bits per heavy atom. The largest absolute Gasteiger partial charge is 0.416 e. The highest BCUT2D eigenvalue weighted by atomic mass is 19.4. The van der Waals surface area contributed by atoms with Gasteiger partial charge in [0.1, 0.15) is 11.6 Å². The van der Waals surface area contributed by atoms with E-state index in [9.17, 15) is 13.2 Å². The van der Waals surface area contributed by atoms with Crippen LogP contribution in [-0.2, 0) is 6.18 Å². The molecule has 0 radical (unpaired) electrons. The zero-order valence-corrected chi connectivity index (χ0v) is 7.39. The van der Waals surface area contributed by atoms with Crippen LogP contribution in [0.5, 0.6) is 0 Å². The van der Waals surface area contributed by atoms with Crippen molar-refractivity contribution in [3.63, 3.8) is 0 Å². The molecule has 0 atom stereocenters. The molecule has 0 saturated carbocycles. The van der Waals surface area contributed by atoms with Gasteiger partial charge in [0.05, 0.1) is 5.56 Å². The number of benzene rings is 1. The first-order valence-electron chi connectivity index (χ1n) is 3.86. The minimum Gasteiger partial charge on any atom is -0.258 e. The third kappa shape index (κ3) is 2.46. The van der Waals surface area contributed by atoms with Crippen LogP contribution in [-0.4, -0.2) is 5.87 Å². The minimum atomic E-state index is -4.39. The number of alkyl halides is 3. The first kappa shape index (κ1) is 11.0. The molecule has 0 spiro atoms. The predicted octanol–water partition coefficient (Wildman–Crippen LogP) is 2.86. The average molecular weight is 210 g/mol. The van der Waals surface area contributed by atoms with Crippen LogP contribution in [0.15, 0.2) is 24.3 Å². The summed E-state index contributed by atoms with van der Waals surface area (Å²) < 4.78 is 36.5. The number of hydrogen-bond acceptors (Lipinski definition) is 2. The van der Waals surface area contributed by atoms with Crippen molar-refractivity contribution in [1.82, 2.24) is 0 Å². The number of nitrogens with one attached hydrogen (secondary N) is 1. The Hall–Kier alpha value is -2.05. The van der Waals surface area contributed by atoms with Gasteiger partial charge in [0.15, 0.2) is 0 Å². The van der Waals surface area contributed by atoms with Gasteiger partial charge >= 0.3 is 6.18 Å². The van der Waals surface area contributed by atoms with Gasteiger partial charge in [-0.15, -0.1) is 0 Å². The summed E-state index contributed by atoms with van der Waals surface area (Å²) in [6.45, 7) is 0. The first-order valence-corrected chi connectivity index (χ1v) is 3.86. The Morgan fingerprint density at radius 1 is 1.20 bits per heavy atom. The van der Waals surface area contributed by atoms with E-state index in [2.05, 4.69) is 0 Å². The van der Waals surface area contributed by atoms with E-state index in [4.69, 9.17) is 10.7 Å². The van der Waals surface area contributed by atoms with E-state index < -0.39 is 11.7 Å². The lowest BCUT2D eigenvalue weighted by molar-refractivity contribution is -0.137. The molecule has 76 valence electrons. The van der Waals surface area contributed by atoms with Crippen LogP contribution in [0, 0.1) is 16.7 Å². The molecule has 0 heterocycles. The van der Waals surface area contributed by atoms with Gasteiger partial charge in [0, 0.05) is 5.56 Å². The van der Waals surface area contributed by atoms with Crippen LogP contribution in [0.25, 0.3) is 5.57 Å². The van der Waals surface area contributed by atoms with E-state index in [1.807, 2.05) is 5.87 Å². The molecular formula is C10H5F3N2. The predicted molar refractivity (Wildman–Crippen MR) is 48.2 cm³/mol. The molecule has 0 aliphatic rings. The van der Waals surface area contributed by atoms with Crippen molar-refractivity contribution >= 4 is 11.4 Å². The summed E-state index contributed by atoms with van der Waals surface area (Å²) in [4.78, 5) is 0. The van der Waals surface area contributed by atoms with Crippen molar-refractivity contribution in [1.29, 1.82) is 10.7 Å². The first-order chi connectivity index (χ1) is 6.99. The summed E-state index contributed by atoms with van der Waals surface area (Å²) in [6.07, 6.45) is -4.39. The Balaban J connectivity index is 3.12. The topological polar surface area (TPSA) is 47.6 Å². The number of nitriles is 1. The van der Waals surface area contributed by atoms with E-state index >= 15 is 0 Å². The van der Waals surface area contributed by atoms with Gasteiger partial charge in [-0.2, -0.15) is 18.4 Å². The van der Waals surface area contributed by atoms with Crippen molar-refractivity contribution in [3.8, 4) is 6.07 Å². The lowest BCUT2D eigenvalue weighted by Gasteiger charge is -2.06. The Morgan fingerprint density at radius 3 is 2.07 bits per heavy atom. The summed E-state index contributed by atoms with van der Waals surface area (Å²) >= 11 is 0. The van der Waals surface area contributed by atoms with Gasteiger partial charge in [0.2, 0.25) is 0 Å². The van der Waals surface area contributed by atoms with Crippen molar-refractivity contribution in [2.75, 3.05) is 0 Å². The smallest absolute Gasteiger partial charge is 0.258 e. The molecule has 2 nitrogen and oxygen atoms in total. The van der Waals surface area contributed by atoms with E-state index in [1.54, 1.807) is 6.07 Å². The highest BCUT2D eigenvalue weighted by Crippen LogP contribution is 2.29. The second kappa shape index (κ2) is 3.99. The van der Waals surface area contributed by atoms with Gasteiger partial charge in [-0.25, -0.2) is 0 Å². The average Bonchev–Trinajstić information content (AvgIpc) is 2.19. The molecule has 1 aromatic carbocycles. The molecule has 0 aliphatic carbocycles. The highest BCUT2D eigenvalue weighted by molar-refractivity contribution is 5.96. The highest BCUT2D eigenvalue weighted by Gasteiger charge is 2.29. The summed E-state index contributed by atoms with van der Waals surface area (Å²) in [7, 11) is 0. The second-order valence-electron chi connectivity index (χ2n) is 2.69. The molecule has 5 heteroatoms. The maximum Gasteiger partial charge on any atom is 0.416 e. The van der Waals surface area contributed by atoms with Crippen LogP contribution in [0.2, 0.25) is 0 Å². The number of allylic oxidation sites excluding steroid dienone is 1. The lowest BCUT2D eigenvalue weighted by atomic mass is 10.1. The Kier molecular flexibility index (Phi) is 2.93. The molecule has 0 aliphatic heterocycles. The maximum absolute atomic E-state index is 12.2. The summed E-state index contributed by atoms with van der Waals surface area (Å²) in [5.74, 6) is 1.85. The van der Waals surface area contributed by atoms with Crippen LogP contribution in [0.1, 0.15) is 11.1 Å². The number of nitrogens with zero attached hydrogens (tertiary/aromatic N) is 1. The zero-order chi connectivity index (χ0) is 11.5. The van der Waals surface area contributed by atoms with Gasteiger partial charge in [-0.3, -0.25) is 5.41 Å². The third-order valence-corrected chi connectivity index (χ3v) is 1.74. The second-order valence-corrected chi connectivity index (χ2v) is 2.69. The summed E-state index contributed by atoms with van der Waals surface area (Å²) in [5.41, 5.74) is -0.627. The molecule has 15 heavy (non-hydrogen) atoms. The molecular weight excluding hydrogens is 205 g/mol. The van der Waals surface area contributed by atoms with E-state index in [-0.39, 0.29) is 11.1 Å². The Bertz CT molecular complexity index is 445. The zero-order valence-electron chi connectivity index (χ0n) is 7.39. The fourth-order valence-corrected chi connectivity index (χ4v) is 0.991. The van der Waals surface area contributed by atoms with Gasteiger partial charge < -0.3 is 0 Å². The molecule has 1 N–H and O–H groups in total. The normalized spacial score (nSPS) is 10.3. The van der Waals surface area contributed by atoms with Gasteiger partial charge in [-0.1, -0.05) is 12.1 Å². The molecule has 0 bridgehead atoms. The van der Waals surface area contributed by atoms with Gasteiger partial charge in [0.25, 0.3) is 0 Å². The standard InChI is InChI=1S/C10H5F3N2/c11-10(12,13)9-3-1-7(2-4-9)8(5-14)6-15/h1-4,14H. The van der Waals surface area contributed by atoms with Crippen molar-refractivity contribution in [2.45, 2.75) is 6.18 Å². The molecule has 0 amide bonds. The van der Waals surface area contributed by atoms with E-state index in [0.29, 0.717) is 0 Å². The summed E-state index contributed by atoms with van der Waals surface area (Å²) in [6, 6.07) is 5.68. The van der Waals surface area contributed by atoms with Crippen LogP contribution in [0.4, 0.5) is 13.2 Å². The Labute approximate surface area is 83.8 Å². The van der Waals surface area contributed by atoms with Gasteiger partial charge in [-0.05, 0) is 18.0 Å². The van der Waals surface area contributed by atoms with E-state index in [0.717, 1.165) is 24.3 Å². The quantitative estimate of drug-likeness (QED) is 0.562. The van der Waals surface area contributed by atoms with Crippen LogP contribution >= 0.6 is 0 Å². The number of halogens is 3. The number of rotatable bonds is 1. The van der Waals surface area contributed by atoms with Crippen molar-refractivity contribution in [2.24, 2.45) is 0 Å². The van der Waals surface area contributed by atoms with E-state index in [1.165, 1.54) is 0 Å². The third-order valence-electron chi connectivity index (χ3n) is 1.74. The van der Waals surface area contributed by atoms with Crippen LogP contribution in [0.3, 0.4) is 0 Å². The maximum atomic E-state index is 12.2. The fourth-order valence-electron chi connectivity index (χ4n) is 0.991. The fraction of sp³-hybridized carbons (Fsp3) is 0.100. The molecule has 1 aromatic rings. The van der Waals surface area contributed by atoms with Crippen LogP contribution < -0.4 is 0 Å².